The van der Waals surface area contributed by atoms with Gasteiger partial charge in [0.05, 0.1) is 12.3 Å². The summed E-state index contributed by atoms with van der Waals surface area (Å²) in [6.45, 7) is 9.51. The summed E-state index contributed by atoms with van der Waals surface area (Å²) in [5.74, 6) is 1.40. The van der Waals surface area contributed by atoms with Crippen molar-refractivity contribution in [3.05, 3.63) is 54.6 Å². The van der Waals surface area contributed by atoms with E-state index in [1.165, 1.54) is 0 Å². The maximum atomic E-state index is 12.3. The minimum absolute atomic E-state index is 0.237. The summed E-state index contributed by atoms with van der Waals surface area (Å²) in [5, 5.41) is 4.33. The molecule has 0 fully saturated rings. The van der Waals surface area contributed by atoms with Crippen LogP contribution in [0.1, 0.15) is 41.0 Å². The summed E-state index contributed by atoms with van der Waals surface area (Å²) in [4.78, 5) is 24.2. The molecule has 7 heteroatoms. The molecule has 7 nitrogen and oxygen atoms in total. The number of ether oxygens (including phenoxy) is 4. The minimum Gasteiger partial charge on any atom is -0.494 e. The quantitative estimate of drug-likeness (QED) is 0.318. The Labute approximate surface area is 193 Å². The second kappa shape index (κ2) is 10.3. The average Bonchev–Trinajstić information content (AvgIpc) is 2.76. The van der Waals surface area contributed by atoms with Gasteiger partial charge < -0.3 is 18.9 Å². The van der Waals surface area contributed by atoms with Crippen molar-refractivity contribution >= 4 is 28.5 Å². The molecule has 0 spiro atoms. The lowest BCUT2D eigenvalue weighted by Crippen LogP contribution is -2.27. The van der Waals surface area contributed by atoms with Crippen LogP contribution in [0.15, 0.2) is 54.6 Å². The molecule has 0 bridgehead atoms. The first-order valence-corrected chi connectivity index (χ1v) is 10.9. The van der Waals surface area contributed by atoms with Gasteiger partial charge in [0.1, 0.15) is 17.1 Å². The van der Waals surface area contributed by atoms with Gasteiger partial charge in [-0.05, 0) is 52.0 Å². The second-order valence-electron chi connectivity index (χ2n) is 8.25. The first kappa shape index (κ1) is 23.9. The van der Waals surface area contributed by atoms with E-state index in [9.17, 15) is 9.59 Å². The Morgan fingerprint density at radius 1 is 0.879 bits per heavy atom. The molecule has 0 aliphatic carbocycles. The molecule has 0 aliphatic heterocycles. The molecule has 3 aromatic rings. The van der Waals surface area contributed by atoms with Crippen molar-refractivity contribution < 1.29 is 28.5 Å². The summed E-state index contributed by atoms with van der Waals surface area (Å²) < 4.78 is 22.6. The number of hydrogen-bond acceptors (Lipinski definition) is 6. The Bertz CT molecular complexity index is 1150. The molecule has 0 aliphatic rings. The van der Waals surface area contributed by atoms with Crippen LogP contribution in [0.2, 0.25) is 0 Å². The second-order valence-corrected chi connectivity index (χ2v) is 8.25. The Balaban J connectivity index is 1.98. The molecule has 0 saturated heterocycles. The normalized spacial score (nSPS) is 11.1. The molecule has 0 unspecified atom stereocenters. The van der Waals surface area contributed by atoms with Crippen molar-refractivity contribution in [1.29, 1.82) is 0 Å². The maximum absolute atomic E-state index is 12.3. The van der Waals surface area contributed by atoms with E-state index in [1.54, 1.807) is 58.0 Å². The van der Waals surface area contributed by atoms with Gasteiger partial charge in [0.25, 0.3) is 0 Å². The summed E-state index contributed by atoms with van der Waals surface area (Å²) in [6, 6.07) is 16.0. The lowest BCUT2D eigenvalue weighted by molar-refractivity contribution is -0.134. The molecule has 3 aromatic carbocycles. The van der Waals surface area contributed by atoms with Gasteiger partial charge in [-0.1, -0.05) is 31.2 Å². The Morgan fingerprint density at radius 3 is 2.24 bits per heavy atom. The Hall–Kier alpha value is -3.74. The van der Waals surface area contributed by atoms with Gasteiger partial charge in [0, 0.05) is 23.3 Å². The Morgan fingerprint density at radius 2 is 1.58 bits per heavy atom. The van der Waals surface area contributed by atoms with Crippen LogP contribution < -0.4 is 19.5 Å². The fraction of sp³-hybridized carbons (Fsp3) is 0.308. The largest absolute Gasteiger partial charge is 0.494 e. The molecule has 3 rings (SSSR count). The van der Waals surface area contributed by atoms with Crippen LogP contribution in [0.5, 0.6) is 23.0 Å². The maximum Gasteiger partial charge on any atom is 0.412 e. The zero-order valence-corrected chi connectivity index (χ0v) is 19.6. The predicted molar refractivity (Wildman–Crippen MR) is 127 cm³/mol. The van der Waals surface area contributed by atoms with Gasteiger partial charge in [0.2, 0.25) is 0 Å². The standard InChI is InChI=1S/C26H29NO6/c1-6-24(28)32-22-14-12-17(30-7-2)16-23(22)31-21-15-13-20(18-10-8-9-11-19(18)21)27-25(29)33-26(3,4)5/h8-16H,6-7H2,1-5H3,(H,27,29). The van der Waals surface area contributed by atoms with Crippen molar-refractivity contribution in [1.82, 2.24) is 0 Å². The molecule has 1 N–H and O–H groups in total. The molecule has 0 heterocycles. The van der Waals surface area contributed by atoms with E-state index in [0.717, 1.165) is 10.8 Å². The number of rotatable bonds is 7. The summed E-state index contributed by atoms with van der Waals surface area (Å²) in [5.41, 5.74) is -0.0196. The molecule has 174 valence electrons. The SMILES string of the molecule is CCOc1ccc(OC(=O)CC)c(Oc2ccc(NC(=O)OC(C)(C)C)c3ccccc23)c1. The van der Waals surface area contributed by atoms with E-state index >= 15 is 0 Å². The highest BCUT2D eigenvalue weighted by atomic mass is 16.6. The predicted octanol–water partition coefficient (Wildman–Crippen LogP) is 6.69. The lowest BCUT2D eigenvalue weighted by Gasteiger charge is -2.20. The molecule has 0 saturated carbocycles. The van der Waals surface area contributed by atoms with Gasteiger partial charge in [-0.2, -0.15) is 0 Å². The van der Waals surface area contributed by atoms with Crippen LogP contribution in [-0.2, 0) is 9.53 Å². The summed E-state index contributed by atoms with van der Waals surface area (Å²) in [6.07, 6.45) is -0.305. The third-order valence-electron chi connectivity index (χ3n) is 4.48. The minimum atomic E-state index is -0.610. The average molecular weight is 452 g/mol. The van der Waals surface area contributed by atoms with Crippen LogP contribution in [0.4, 0.5) is 10.5 Å². The molecule has 33 heavy (non-hydrogen) atoms. The van der Waals surface area contributed by atoms with E-state index < -0.39 is 11.7 Å². The van der Waals surface area contributed by atoms with Crippen molar-refractivity contribution in [2.24, 2.45) is 0 Å². The molecule has 0 atom stereocenters. The van der Waals surface area contributed by atoms with Gasteiger partial charge in [-0.3, -0.25) is 10.1 Å². The molecule has 0 aromatic heterocycles. The number of fused-ring (bicyclic) bond motifs is 1. The van der Waals surface area contributed by atoms with E-state index in [2.05, 4.69) is 5.32 Å². The number of amides is 1. The monoisotopic (exact) mass is 451 g/mol. The fourth-order valence-corrected chi connectivity index (χ4v) is 3.11. The smallest absolute Gasteiger partial charge is 0.412 e. The van der Waals surface area contributed by atoms with Crippen LogP contribution in [0, 0.1) is 0 Å². The summed E-state index contributed by atoms with van der Waals surface area (Å²) in [7, 11) is 0. The summed E-state index contributed by atoms with van der Waals surface area (Å²) >= 11 is 0. The topological polar surface area (TPSA) is 83.1 Å². The van der Waals surface area contributed by atoms with Gasteiger partial charge in [-0.15, -0.1) is 0 Å². The Kier molecular flexibility index (Phi) is 7.43. The van der Waals surface area contributed by atoms with Crippen LogP contribution in [-0.4, -0.2) is 24.3 Å². The zero-order valence-electron chi connectivity index (χ0n) is 19.6. The fourth-order valence-electron chi connectivity index (χ4n) is 3.11. The molecular formula is C26H29NO6. The van der Waals surface area contributed by atoms with Crippen molar-refractivity contribution in [2.45, 2.75) is 46.6 Å². The third kappa shape index (κ3) is 6.38. The van der Waals surface area contributed by atoms with E-state index in [1.807, 2.05) is 31.2 Å². The van der Waals surface area contributed by atoms with Gasteiger partial charge in [0.15, 0.2) is 11.5 Å². The number of anilines is 1. The lowest BCUT2D eigenvalue weighted by atomic mass is 10.1. The highest BCUT2D eigenvalue weighted by Gasteiger charge is 2.18. The van der Waals surface area contributed by atoms with E-state index in [-0.39, 0.29) is 12.4 Å². The number of benzene rings is 3. The highest BCUT2D eigenvalue weighted by Crippen LogP contribution is 2.39. The number of esters is 1. The first-order chi connectivity index (χ1) is 15.7. The van der Waals surface area contributed by atoms with Crippen LogP contribution >= 0.6 is 0 Å². The van der Waals surface area contributed by atoms with E-state index in [0.29, 0.717) is 35.3 Å². The number of nitrogens with one attached hydrogen (secondary N) is 1. The molecule has 0 radical (unpaired) electrons. The third-order valence-corrected chi connectivity index (χ3v) is 4.48. The number of hydrogen-bond donors (Lipinski definition) is 1. The van der Waals surface area contributed by atoms with Gasteiger partial charge >= 0.3 is 12.1 Å². The van der Waals surface area contributed by atoms with Crippen molar-refractivity contribution in [3.8, 4) is 23.0 Å². The number of carbonyl (C=O) groups is 2. The van der Waals surface area contributed by atoms with E-state index in [4.69, 9.17) is 18.9 Å². The number of carbonyl (C=O) groups excluding carboxylic acids is 2. The molecule has 1 amide bonds. The van der Waals surface area contributed by atoms with Crippen LogP contribution in [0.25, 0.3) is 10.8 Å². The first-order valence-electron chi connectivity index (χ1n) is 10.9. The van der Waals surface area contributed by atoms with Crippen molar-refractivity contribution in [3.63, 3.8) is 0 Å². The highest BCUT2D eigenvalue weighted by molar-refractivity contribution is 6.02. The molecular weight excluding hydrogens is 422 g/mol. The van der Waals surface area contributed by atoms with Crippen molar-refractivity contribution in [2.75, 3.05) is 11.9 Å². The zero-order chi connectivity index (χ0) is 24.0. The van der Waals surface area contributed by atoms with Gasteiger partial charge in [-0.25, -0.2) is 4.79 Å². The van der Waals surface area contributed by atoms with Crippen LogP contribution in [0.3, 0.4) is 0 Å².